The SMILES string of the molecule is CN1CCN(C(=O)CCC(c2ccccc2)c2cc(O)ccc2O)CC1. The normalized spacial score (nSPS) is 16.4. The summed E-state index contributed by atoms with van der Waals surface area (Å²) in [6.07, 6.45) is 1.00. The lowest BCUT2D eigenvalue weighted by atomic mass is 9.86. The number of likely N-dealkylation sites (N-methyl/N-ethyl adjacent to an activating group) is 1. The summed E-state index contributed by atoms with van der Waals surface area (Å²) < 4.78 is 0. The maximum atomic E-state index is 12.6. The standard InChI is InChI=1S/C21H26N2O3/c1-22-11-13-23(14-12-22)21(26)10-8-18(16-5-3-2-4-6-16)19-15-17(24)7-9-20(19)25/h2-7,9,15,18,24-25H,8,10-14H2,1H3. The van der Waals surface area contributed by atoms with E-state index < -0.39 is 0 Å². The molecule has 3 rings (SSSR count). The summed E-state index contributed by atoms with van der Waals surface area (Å²) in [5, 5.41) is 20.1. The highest BCUT2D eigenvalue weighted by Crippen LogP contribution is 2.36. The number of hydrogen-bond donors (Lipinski definition) is 2. The first-order valence-electron chi connectivity index (χ1n) is 9.07. The van der Waals surface area contributed by atoms with E-state index in [0.717, 1.165) is 31.7 Å². The Kier molecular flexibility index (Phi) is 5.78. The molecule has 2 aromatic rings. The lowest BCUT2D eigenvalue weighted by Gasteiger charge is -2.32. The van der Waals surface area contributed by atoms with Crippen LogP contribution in [0.1, 0.15) is 29.9 Å². The number of phenols is 2. The molecule has 1 unspecified atom stereocenters. The second-order valence-corrected chi connectivity index (χ2v) is 6.93. The van der Waals surface area contributed by atoms with Gasteiger partial charge in [-0.15, -0.1) is 0 Å². The molecule has 1 fully saturated rings. The van der Waals surface area contributed by atoms with Crippen LogP contribution in [-0.2, 0) is 4.79 Å². The zero-order valence-corrected chi connectivity index (χ0v) is 15.1. The molecule has 0 radical (unpaired) electrons. The zero-order valence-electron chi connectivity index (χ0n) is 15.1. The Morgan fingerprint density at radius 2 is 1.73 bits per heavy atom. The number of nitrogens with zero attached hydrogens (tertiary/aromatic N) is 2. The van der Waals surface area contributed by atoms with Gasteiger partial charge in [-0.3, -0.25) is 4.79 Å². The largest absolute Gasteiger partial charge is 0.508 e. The topological polar surface area (TPSA) is 64.0 Å². The number of carbonyl (C=O) groups is 1. The Morgan fingerprint density at radius 3 is 2.42 bits per heavy atom. The molecule has 1 aliphatic rings. The van der Waals surface area contributed by atoms with Crippen LogP contribution in [0.5, 0.6) is 11.5 Å². The Morgan fingerprint density at radius 1 is 1.04 bits per heavy atom. The van der Waals surface area contributed by atoms with Crippen LogP contribution in [0.4, 0.5) is 0 Å². The van der Waals surface area contributed by atoms with Crippen LogP contribution >= 0.6 is 0 Å². The average Bonchev–Trinajstić information content (AvgIpc) is 2.66. The van der Waals surface area contributed by atoms with Gasteiger partial charge in [0.15, 0.2) is 0 Å². The van der Waals surface area contributed by atoms with Gasteiger partial charge in [0.25, 0.3) is 0 Å². The Labute approximate surface area is 154 Å². The predicted octanol–water partition coefficient (Wildman–Crippen LogP) is 2.78. The van der Waals surface area contributed by atoms with Gasteiger partial charge in [-0.25, -0.2) is 0 Å². The number of aromatic hydroxyl groups is 2. The summed E-state index contributed by atoms with van der Waals surface area (Å²) in [5.74, 6) is 0.270. The van der Waals surface area contributed by atoms with Crippen molar-refractivity contribution in [1.82, 2.24) is 9.80 Å². The Hall–Kier alpha value is -2.53. The fraction of sp³-hybridized carbons (Fsp3) is 0.381. The van der Waals surface area contributed by atoms with Crippen molar-refractivity contribution < 1.29 is 15.0 Å². The van der Waals surface area contributed by atoms with Crippen LogP contribution in [0.3, 0.4) is 0 Å². The van der Waals surface area contributed by atoms with Crippen LogP contribution < -0.4 is 0 Å². The highest BCUT2D eigenvalue weighted by Gasteiger charge is 2.23. The average molecular weight is 354 g/mol. The zero-order chi connectivity index (χ0) is 18.5. The number of hydrogen-bond acceptors (Lipinski definition) is 4. The summed E-state index contributed by atoms with van der Waals surface area (Å²) in [6, 6.07) is 14.4. The highest BCUT2D eigenvalue weighted by molar-refractivity contribution is 5.76. The van der Waals surface area contributed by atoms with Gasteiger partial charge < -0.3 is 20.0 Å². The maximum Gasteiger partial charge on any atom is 0.222 e. The first-order valence-corrected chi connectivity index (χ1v) is 9.07. The van der Waals surface area contributed by atoms with Crippen LogP contribution in [0.2, 0.25) is 0 Å². The number of benzene rings is 2. The smallest absolute Gasteiger partial charge is 0.222 e. The minimum atomic E-state index is -0.139. The van der Waals surface area contributed by atoms with Crippen molar-refractivity contribution in [3.8, 4) is 11.5 Å². The van der Waals surface area contributed by atoms with Gasteiger partial charge in [0.1, 0.15) is 11.5 Å². The van der Waals surface area contributed by atoms with E-state index in [1.54, 1.807) is 6.07 Å². The molecule has 0 aromatic heterocycles. The van der Waals surface area contributed by atoms with Gasteiger partial charge in [0.05, 0.1) is 0 Å². The number of phenolic OH excluding ortho intramolecular Hbond substituents is 2. The monoisotopic (exact) mass is 354 g/mol. The highest BCUT2D eigenvalue weighted by atomic mass is 16.3. The third-order valence-electron chi connectivity index (χ3n) is 5.09. The molecular formula is C21H26N2O3. The summed E-state index contributed by atoms with van der Waals surface area (Å²) >= 11 is 0. The number of piperazine rings is 1. The van der Waals surface area contributed by atoms with E-state index in [-0.39, 0.29) is 23.3 Å². The lowest BCUT2D eigenvalue weighted by molar-refractivity contribution is -0.132. The second kappa shape index (κ2) is 8.23. The molecular weight excluding hydrogens is 328 g/mol. The minimum absolute atomic E-state index is 0.115. The molecule has 0 saturated carbocycles. The molecule has 2 aromatic carbocycles. The fourth-order valence-electron chi connectivity index (χ4n) is 3.49. The van der Waals surface area contributed by atoms with Crippen molar-refractivity contribution in [2.75, 3.05) is 33.2 Å². The Bertz CT molecular complexity index is 740. The third-order valence-corrected chi connectivity index (χ3v) is 5.09. The van der Waals surface area contributed by atoms with Crippen LogP contribution in [0.25, 0.3) is 0 Å². The Balaban J connectivity index is 1.76. The van der Waals surface area contributed by atoms with Crippen molar-refractivity contribution in [3.63, 3.8) is 0 Å². The van der Waals surface area contributed by atoms with Gasteiger partial charge in [0.2, 0.25) is 5.91 Å². The van der Waals surface area contributed by atoms with Crippen molar-refractivity contribution >= 4 is 5.91 Å². The van der Waals surface area contributed by atoms with Crippen molar-refractivity contribution in [3.05, 3.63) is 59.7 Å². The minimum Gasteiger partial charge on any atom is -0.508 e. The molecule has 1 saturated heterocycles. The number of amides is 1. The molecule has 1 aliphatic heterocycles. The van der Waals surface area contributed by atoms with Gasteiger partial charge in [-0.1, -0.05) is 30.3 Å². The van der Waals surface area contributed by atoms with Crippen molar-refractivity contribution in [1.29, 1.82) is 0 Å². The molecule has 2 N–H and O–H groups in total. The van der Waals surface area contributed by atoms with E-state index in [9.17, 15) is 15.0 Å². The lowest BCUT2D eigenvalue weighted by Crippen LogP contribution is -2.47. The molecule has 0 bridgehead atoms. The van der Waals surface area contributed by atoms with Crippen LogP contribution in [0, 0.1) is 0 Å². The van der Waals surface area contributed by atoms with Crippen molar-refractivity contribution in [2.45, 2.75) is 18.8 Å². The van der Waals surface area contributed by atoms with E-state index in [1.807, 2.05) is 35.2 Å². The van der Waals surface area contributed by atoms with Crippen LogP contribution in [-0.4, -0.2) is 59.1 Å². The van der Waals surface area contributed by atoms with Gasteiger partial charge in [-0.05, 0) is 37.2 Å². The third kappa shape index (κ3) is 4.35. The molecule has 1 heterocycles. The number of rotatable bonds is 5. The quantitative estimate of drug-likeness (QED) is 0.811. The molecule has 138 valence electrons. The van der Waals surface area contributed by atoms with E-state index >= 15 is 0 Å². The van der Waals surface area contributed by atoms with E-state index in [1.165, 1.54) is 12.1 Å². The first-order chi connectivity index (χ1) is 12.5. The molecule has 5 heteroatoms. The van der Waals surface area contributed by atoms with E-state index in [0.29, 0.717) is 18.4 Å². The molecule has 1 atom stereocenters. The fourth-order valence-corrected chi connectivity index (χ4v) is 3.49. The number of carbonyl (C=O) groups excluding carboxylic acids is 1. The summed E-state index contributed by atoms with van der Waals surface area (Å²) in [4.78, 5) is 16.8. The van der Waals surface area contributed by atoms with Gasteiger partial charge in [0, 0.05) is 44.1 Å². The van der Waals surface area contributed by atoms with E-state index in [4.69, 9.17) is 0 Å². The molecule has 5 nitrogen and oxygen atoms in total. The maximum absolute atomic E-state index is 12.6. The molecule has 0 spiro atoms. The van der Waals surface area contributed by atoms with Gasteiger partial charge in [-0.2, -0.15) is 0 Å². The second-order valence-electron chi connectivity index (χ2n) is 6.93. The predicted molar refractivity (Wildman–Crippen MR) is 101 cm³/mol. The first kappa shape index (κ1) is 18.3. The molecule has 1 amide bonds. The van der Waals surface area contributed by atoms with Crippen LogP contribution in [0.15, 0.2) is 48.5 Å². The molecule has 0 aliphatic carbocycles. The summed E-state index contributed by atoms with van der Waals surface area (Å²) in [7, 11) is 2.07. The summed E-state index contributed by atoms with van der Waals surface area (Å²) in [5.41, 5.74) is 1.68. The van der Waals surface area contributed by atoms with Crippen molar-refractivity contribution in [2.24, 2.45) is 0 Å². The molecule has 26 heavy (non-hydrogen) atoms. The van der Waals surface area contributed by atoms with Gasteiger partial charge >= 0.3 is 0 Å². The van der Waals surface area contributed by atoms with E-state index in [2.05, 4.69) is 11.9 Å². The summed E-state index contributed by atoms with van der Waals surface area (Å²) in [6.45, 7) is 3.34.